The summed E-state index contributed by atoms with van der Waals surface area (Å²) in [6, 6.07) is 7.52. The number of benzene rings is 1. The predicted octanol–water partition coefficient (Wildman–Crippen LogP) is 2.21. The summed E-state index contributed by atoms with van der Waals surface area (Å²) in [6.07, 6.45) is 0.305. The molecule has 1 fully saturated rings. The molecule has 1 heterocycles. The van der Waals surface area contributed by atoms with Gasteiger partial charge in [0.15, 0.2) is 0 Å². The molecule has 0 radical (unpaired) electrons. The molecule has 1 atom stereocenters. The molecule has 0 aliphatic carbocycles. The van der Waals surface area contributed by atoms with Gasteiger partial charge in [0.25, 0.3) is 0 Å². The van der Waals surface area contributed by atoms with E-state index in [1.54, 1.807) is 11.0 Å². The van der Waals surface area contributed by atoms with Gasteiger partial charge in [-0.1, -0.05) is 23.7 Å². The quantitative estimate of drug-likeness (QED) is 0.925. The van der Waals surface area contributed by atoms with Crippen molar-refractivity contribution in [2.24, 2.45) is 5.92 Å². The van der Waals surface area contributed by atoms with Crippen LogP contribution in [0.4, 0.5) is 0 Å². The van der Waals surface area contributed by atoms with Crippen LogP contribution in [-0.4, -0.2) is 29.3 Å². The molecule has 2 amide bonds. The summed E-state index contributed by atoms with van der Waals surface area (Å²) in [4.78, 5) is 25.6. The predicted molar refractivity (Wildman–Crippen MR) is 78.3 cm³/mol. The van der Waals surface area contributed by atoms with Crippen molar-refractivity contribution in [3.05, 3.63) is 34.9 Å². The first kappa shape index (κ1) is 14.9. The average Bonchev–Trinajstić information content (AvgIpc) is 2.78. The molecular weight excluding hydrogens is 276 g/mol. The zero-order chi connectivity index (χ0) is 14.7. The highest BCUT2D eigenvalue weighted by atomic mass is 35.5. The van der Waals surface area contributed by atoms with Crippen LogP contribution in [0.1, 0.15) is 25.8 Å². The van der Waals surface area contributed by atoms with Crippen molar-refractivity contribution in [2.45, 2.75) is 32.9 Å². The van der Waals surface area contributed by atoms with Crippen molar-refractivity contribution in [2.75, 3.05) is 6.54 Å². The van der Waals surface area contributed by atoms with E-state index in [9.17, 15) is 9.59 Å². The molecule has 20 heavy (non-hydrogen) atoms. The van der Waals surface area contributed by atoms with E-state index in [0.29, 0.717) is 24.5 Å². The second kappa shape index (κ2) is 6.27. The third kappa shape index (κ3) is 3.51. The number of carbonyl (C=O) groups is 2. The van der Waals surface area contributed by atoms with Gasteiger partial charge in [0, 0.05) is 30.6 Å². The van der Waals surface area contributed by atoms with Crippen molar-refractivity contribution < 1.29 is 9.59 Å². The van der Waals surface area contributed by atoms with Gasteiger partial charge in [-0.05, 0) is 31.5 Å². The Morgan fingerprint density at radius 2 is 2.25 bits per heavy atom. The second-order valence-corrected chi connectivity index (χ2v) is 5.83. The number of rotatable bonds is 4. The van der Waals surface area contributed by atoms with Gasteiger partial charge in [0.1, 0.15) is 0 Å². The van der Waals surface area contributed by atoms with Crippen molar-refractivity contribution in [3.63, 3.8) is 0 Å². The van der Waals surface area contributed by atoms with E-state index in [4.69, 9.17) is 11.6 Å². The maximum absolute atomic E-state index is 12.1. The zero-order valence-corrected chi connectivity index (χ0v) is 12.5. The van der Waals surface area contributed by atoms with Crippen molar-refractivity contribution >= 4 is 23.4 Å². The minimum atomic E-state index is -0.246. The topological polar surface area (TPSA) is 49.4 Å². The lowest BCUT2D eigenvalue weighted by molar-refractivity contribution is -0.129. The molecule has 0 unspecified atom stereocenters. The number of likely N-dealkylation sites (tertiary alicyclic amines) is 1. The molecule has 2 rings (SSSR count). The van der Waals surface area contributed by atoms with Gasteiger partial charge in [-0.3, -0.25) is 9.59 Å². The van der Waals surface area contributed by atoms with E-state index >= 15 is 0 Å². The normalized spacial score (nSPS) is 18.7. The van der Waals surface area contributed by atoms with Crippen LogP contribution in [0.2, 0.25) is 5.02 Å². The van der Waals surface area contributed by atoms with Crippen LogP contribution in [0.25, 0.3) is 0 Å². The highest BCUT2D eigenvalue weighted by Crippen LogP contribution is 2.20. The molecule has 0 saturated carbocycles. The van der Waals surface area contributed by atoms with Crippen LogP contribution in [0.3, 0.4) is 0 Å². The first-order valence-corrected chi connectivity index (χ1v) is 7.17. The van der Waals surface area contributed by atoms with Gasteiger partial charge in [-0.2, -0.15) is 0 Å². The fourth-order valence-corrected chi connectivity index (χ4v) is 2.60. The number of nitrogens with one attached hydrogen (secondary N) is 1. The van der Waals surface area contributed by atoms with E-state index in [1.807, 2.05) is 32.0 Å². The van der Waals surface area contributed by atoms with Crippen LogP contribution in [0, 0.1) is 5.92 Å². The van der Waals surface area contributed by atoms with Gasteiger partial charge < -0.3 is 10.2 Å². The molecule has 1 aliphatic rings. The van der Waals surface area contributed by atoms with Crippen LogP contribution < -0.4 is 5.32 Å². The highest BCUT2D eigenvalue weighted by molar-refractivity contribution is 6.30. The fourth-order valence-electron chi connectivity index (χ4n) is 2.39. The number of carbonyl (C=O) groups excluding carboxylic acids is 2. The fraction of sp³-hybridized carbons (Fsp3) is 0.467. The molecule has 0 bridgehead atoms. The summed E-state index contributed by atoms with van der Waals surface area (Å²) >= 11 is 5.90. The van der Waals surface area contributed by atoms with Crippen LogP contribution in [-0.2, 0) is 16.1 Å². The summed E-state index contributed by atoms with van der Waals surface area (Å²) < 4.78 is 0. The van der Waals surface area contributed by atoms with Crippen LogP contribution in [0.15, 0.2) is 24.3 Å². The summed E-state index contributed by atoms with van der Waals surface area (Å²) in [7, 11) is 0. The minimum Gasteiger partial charge on any atom is -0.352 e. The van der Waals surface area contributed by atoms with E-state index in [0.717, 1.165) is 5.56 Å². The Kier molecular flexibility index (Phi) is 4.65. The van der Waals surface area contributed by atoms with E-state index in [2.05, 4.69) is 5.32 Å². The largest absolute Gasteiger partial charge is 0.352 e. The van der Waals surface area contributed by atoms with E-state index < -0.39 is 0 Å². The van der Waals surface area contributed by atoms with Gasteiger partial charge in [0.05, 0.1) is 5.92 Å². The third-order valence-electron chi connectivity index (χ3n) is 3.51. The molecule has 4 nitrogen and oxygen atoms in total. The average molecular weight is 295 g/mol. The molecule has 1 N–H and O–H groups in total. The van der Waals surface area contributed by atoms with E-state index in [-0.39, 0.29) is 23.8 Å². The molecule has 1 saturated heterocycles. The first-order valence-electron chi connectivity index (χ1n) is 6.79. The monoisotopic (exact) mass is 294 g/mol. The maximum Gasteiger partial charge on any atom is 0.225 e. The number of hydrogen-bond donors (Lipinski definition) is 1. The Balaban J connectivity index is 1.89. The molecular formula is C15H19ClN2O2. The number of nitrogens with zero attached hydrogens (tertiary/aromatic N) is 1. The lowest BCUT2D eigenvalue weighted by atomic mass is 10.1. The summed E-state index contributed by atoms with van der Waals surface area (Å²) in [5, 5.41) is 3.52. The van der Waals surface area contributed by atoms with E-state index in [1.165, 1.54) is 0 Å². The van der Waals surface area contributed by atoms with Crippen LogP contribution in [0.5, 0.6) is 0 Å². The number of halogens is 1. The Bertz CT molecular complexity index is 516. The molecule has 1 aromatic carbocycles. The standard InChI is InChI=1S/C15H19ClN2O2/c1-10(2)18-9-12(7-14(18)19)15(20)17-8-11-4-3-5-13(16)6-11/h3-6,10,12H,7-9H2,1-2H3,(H,17,20)/t12-/m0/s1. The molecule has 0 aromatic heterocycles. The SMILES string of the molecule is CC(C)N1C[C@@H](C(=O)NCc2cccc(Cl)c2)CC1=O. The van der Waals surface area contributed by atoms with Gasteiger partial charge in [-0.25, -0.2) is 0 Å². The number of amides is 2. The van der Waals surface area contributed by atoms with Crippen LogP contribution >= 0.6 is 11.6 Å². The van der Waals surface area contributed by atoms with Gasteiger partial charge in [-0.15, -0.1) is 0 Å². The molecule has 108 valence electrons. The Labute approximate surface area is 124 Å². The molecule has 1 aromatic rings. The van der Waals surface area contributed by atoms with Crippen molar-refractivity contribution in [1.82, 2.24) is 10.2 Å². The lowest BCUT2D eigenvalue weighted by Crippen LogP contribution is -2.35. The van der Waals surface area contributed by atoms with Crippen molar-refractivity contribution in [3.8, 4) is 0 Å². The highest BCUT2D eigenvalue weighted by Gasteiger charge is 2.35. The third-order valence-corrected chi connectivity index (χ3v) is 3.74. The zero-order valence-electron chi connectivity index (χ0n) is 11.7. The Morgan fingerprint density at radius 1 is 1.50 bits per heavy atom. The molecule has 1 aliphatic heterocycles. The summed E-state index contributed by atoms with van der Waals surface area (Å²) in [5.41, 5.74) is 0.955. The lowest BCUT2D eigenvalue weighted by Gasteiger charge is -2.20. The minimum absolute atomic E-state index is 0.0582. The molecule has 0 spiro atoms. The van der Waals surface area contributed by atoms with Gasteiger partial charge >= 0.3 is 0 Å². The second-order valence-electron chi connectivity index (χ2n) is 5.39. The smallest absolute Gasteiger partial charge is 0.225 e. The maximum atomic E-state index is 12.1. The Hall–Kier alpha value is -1.55. The van der Waals surface area contributed by atoms with Crippen molar-refractivity contribution in [1.29, 1.82) is 0 Å². The molecule has 5 heteroatoms. The summed E-state index contributed by atoms with van der Waals surface area (Å²) in [5.74, 6) is -0.256. The van der Waals surface area contributed by atoms with Gasteiger partial charge in [0.2, 0.25) is 11.8 Å². The summed E-state index contributed by atoms with van der Waals surface area (Å²) in [6.45, 7) is 4.87. The number of hydrogen-bond acceptors (Lipinski definition) is 2. The first-order chi connectivity index (χ1) is 9.47. The Morgan fingerprint density at radius 3 is 2.85 bits per heavy atom.